The summed E-state index contributed by atoms with van der Waals surface area (Å²) in [7, 11) is 0. The predicted octanol–water partition coefficient (Wildman–Crippen LogP) is 4.77. The molecule has 2 aromatic carbocycles. The number of carbonyl (C=O) groups is 5. The summed E-state index contributed by atoms with van der Waals surface area (Å²) >= 11 is 6.64. The number of aryl methyl sites for hydroxylation is 1. The zero-order valence-electron chi connectivity index (χ0n) is 27.2. The summed E-state index contributed by atoms with van der Waals surface area (Å²) in [5, 5.41) is 4.26. The maximum atomic E-state index is 13.7. The van der Waals surface area contributed by atoms with E-state index >= 15 is 0 Å². The largest absolute Gasteiger partial charge is 0.463 e. The molecule has 2 saturated heterocycles. The molecule has 15 heteroatoms. The molecule has 5 rings (SSSR count). The number of carbonyl (C=O) groups excluding carboxylic acids is 5. The van der Waals surface area contributed by atoms with Crippen molar-refractivity contribution in [1.82, 2.24) is 14.7 Å². The number of thiocarbonyl (C=S) groups is 1. The van der Waals surface area contributed by atoms with E-state index in [2.05, 4.69) is 0 Å². The van der Waals surface area contributed by atoms with Crippen molar-refractivity contribution >= 4 is 64.2 Å². The highest BCUT2D eigenvalue weighted by Crippen LogP contribution is 2.40. The van der Waals surface area contributed by atoms with Crippen LogP contribution in [-0.2, 0) is 42.9 Å². The lowest BCUT2D eigenvalue weighted by Crippen LogP contribution is -2.66. The highest BCUT2D eigenvalue weighted by molar-refractivity contribution is 8.19. The maximum absolute atomic E-state index is 13.7. The third-order valence-electron chi connectivity index (χ3n) is 7.42. The van der Waals surface area contributed by atoms with Gasteiger partial charge in [-0.1, -0.05) is 60.2 Å². The third-order valence-corrected chi connectivity index (χ3v) is 8.87. The van der Waals surface area contributed by atoms with Crippen molar-refractivity contribution in [3.8, 4) is 16.9 Å². The smallest absolute Gasteiger partial charge is 0.303 e. The molecule has 0 spiro atoms. The molecule has 3 aromatic rings. The summed E-state index contributed by atoms with van der Waals surface area (Å²) in [5.74, 6) is -3.03. The van der Waals surface area contributed by atoms with Crippen molar-refractivity contribution in [3.63, 3.8) is 0 Å². The molecule has 1 amide bonds. The first-order chi connectivity index (χ1) is 23.3. The molecule has 5 atom stereocenters. The number of aromatic nitrogens is 2. The molecule has 2 fully saturated rings. The molecule has 2 aliphatic rings. The Labute approximate surface area is 291 Å². The van der Waals surface area contributed by atoms with Crippen molar-refractivity contribution in [3.05, 3.63) is 76.8 Å². The van der Waals surface area contributed by atoms with E-state index in [0.29, 0.717) is 16.2 Å². The standard InChI is InChI=1S/C34H33N3O10S2/c1-18-11-13-23(14-12-18)28-24(16-36(35-28)25-9-7-6-8-10-25)15-27-33(48)37(34(42)49-27)32-31(46-22(5)41)30(45-21(4)40)29(44-20(3)39)26(47-32)17-43-19(2)38/h6-16,26,29-32H,17H2,1-5H3/b27-15+/t26-,29-,30+,31-,32-/m1/s1. The lowest BCUT2D eigenvalue weighted by atomic mass is 9.96. The Kier molecular flexibility index (Phi) is 11.0. The first-order valence-corrected chi connectivity index (χ1v) is 16.3. The first-order valence-electron chi connectivity index (χ1n) is 15.1. The van der Waals surface area contributed by atoms with Crippen LogP contribution in [0.2, 0.25) is 0 Å². The van der Waals surface area contributed by atoms with Gasteiger partial charge in [0.2, 0.25) is 0 Å². The van der Waals surface area contributed by atoms with Crippen molar-refractivity contribution in [1.29, 1.82) is 0 Å². The Balaban J connectivity index is 1.56. The molecule has 256 valence electrons. The second-order valence-electron chi connectivity index (χ2n) is 11.2. The molecule has 3 heterocycles. The Morgan fingerprint density at radius 1 is 0.878 bits per heavy atom. The average molecular weight is 708 g/mol. The normalized spacial score (nSPS) is 22.9. The SMILES string of the molecule is CC(=O)OC[C@H]1O[C@@H](N2C(=O)S/C(=C/c3cn(-c4ccccc4)nc3-c3ccc(C)cc3)C2=S)[C@H](OC(C)=O)[C@@H](OC(C)=O)[C@@H]1OC(C)=O. The quantitative estimate of drug-likeness (QED) is 0.130. The van der Waals surface area contributed by atoms with Crippen LogP contribution in [0.15, 0.2) is 65.7 Å². The van der Waals surface area contributed by atoms with Crippen molar-refractivity contribution in [2.24, 2.45) is 0 Å². The van der Waals surface area contributed by atoms with Crippen LogP contribution in [0.5, 0.6) is 0 Å². The average Bonchev–Trinajstić information content (AvgIpc) is 3.58. The van der Waals surface area contributed by atoms with Gasteiger partial charge in [0.15, 0.2) is 24.5 Å². The first kappa shape index (κ1) is 35.4. The minimum Gasteiger partial charge on any atom is -0.463 e. The van der Waals surface area contributed by atoms with E-state index in [9.17, 15) is 24.0 Å². The molecule has 13 nitrogen and oxygen atoms in total. The van der Waals surface area contributed by atoms with Gasteiger partial charge in [0.05, 0.1) is 16.3 Å². The van der Waals surface area contributed by atoms with E-state index in [4.69, 9.17) is 41.0 Å². The van der Waals surface area contributed by atoms with Crippen molar-refractivity contribution in [2.75, 3.05) is 6.61 Å². The molecular weight excluding hydrogens is 675 g/mol. The summed E-state index contributed by atoms with van der Waals surface area (Å²) < 4.78 is 29.6. The maximum Gasteiger partial charge on any atom is 0.303 e. The van der Waals surface area contributed by atoms with E-state index < -0.39 is 66.4 Å². The minimum absolute atomic E-state index is 0.0261. The predicted molar refractivity (Wildman–Crippen MR) is 181 cm³/mol. The summed E-state index contributed by atoms with van der Waals surface area (Å²) in [4.78, 5) is 63.7. The Hall–Kier alpha value is -4.86. The van der Waals surface area contributed by atoms with Gasteiger partial charge >= 0.3 is 23.9 Å². The number of nitrogens with zero attached hydrogens (tertiary/aromatic N) is 3. The van der Waals surface area contributed by atoms with Gasteiger partial charge in [0.1, 0.15) is 17.7 Å². The summed E-state index contributed by atoms with van der Waals surface area (Å²) in [5.41, 5.74) is 4.03. The summed E-state index contributed by atoms with van der Waals surface area (Å²) in [6, 6.07) is 17.4. The van der Waals surface area contributed by atoms with Crippen LogP contribution in [0.25, 0.3) is 23.0 Å². The van der Waals surface area contributed by atoms with E-state index in [1.165, 1.54) is 6.92 Å². The fourth-order valence-corrected chi connectivity index (χ4v) is 6.68. The van der Waals surface area contributed by atoms with E-state index in [0.717, 1.165) is 54.2 Å². The number of hydrogen-bond acceptors (Lipinski definition) is 13. The van der Waals surface area contributed by atoms with Crippen LogP contribution in [0.4, 0.5) is 4.79 Å². The Morgan fingerprint density at radius 2 is 1.49 bits per heavy atom. The molecule has 2 aliphatic heterocycles. The minimum atomic E-state index is -1.50. The molecule has 0 saturated carbocycles. The lowest BCUT2D eigenvalue weighted by Gasteiger charge is -2.46. The second-order valence-corrected chi connectivity index (χ2v) is 12.6. The molecular formula is C34H33N3O10S2. The van der Waals surface area contributed by atoms with Gasteiger partial charge in [-0.25, -0.2) is 4.68 Å². The number of benzene rings is 2. The molecule has 49 heavy (non-hydrogen) atoms. The van der Waals surface area contributed by atoms with Gasteiger partial charge in [-0.2, -0.15) is 5.10 Å². The van der Waals surface area contributed by atoms with Crippen LogP contribution in [0.1, 0.15) is 38.8 Å². The van der Waals surface area contributed by atoms with Crippen LogP contribution >= 0.6 is 24.0 Å². The van der Waals surface area contributed by atoms with Gasteiger partial charge in [0, 0.05) is 45.0 Å². The van der Waals surface area contributed by atoms with E-state index in [-0.39, 0.29) is 4.99 Å². The fraction of sp³-hybridized carbons (Fsp3) is 0.324. The van der Waals surface area contributed by atoms with Crippen molar-refractivity contribution in [2.45, 2.75) is 65.3 Å². The topological polar surface area (TPSA) is 153 Å². The fourth-order valence-electron chi connectivity index (χ4n) is 5.40. The number of esters is 4. The number of ether oxygens (including phenoxy) is 5. The highest BCUT2D eigenvalue weighted by atomic mass is 32.2. The molecule has 0 unspecified atom stereocenters. The van der Waals surface area contributed by atoms with Crippen LogP contribution in [0.3, 0.4) is 0 Å². The van der Waals surface area contributed by atoms with Gasteiger partial charge < -0.3 is 23.7 Å². The summed E-state index contributed by atoms with van der Waals surface area (Å²) in [6.45, 7) is 6.07. The summed E-state index contributed by atoms with van der Waals surface area (Å²) in [6.07, 6.45) is -3.50. The van der Waals surface area contributed by atoms with Gasteiger partial charge in [-0.15, -0.1) is 0 Å². The third kappa shape index (κ3) is 8.24. The molecule has 0 aliphatic carbocycles. The molecule has 0 radical (unpaired) electrons. The number of para-hydroxylation sites is 1. The Bertz CT molecular complexity index is 1810. The Morgan fingerprint density at radius 3 is 2.10 bits per heavy atom. The van der Waals surface area contributed by atoms with Gasteiger partial charge in [-0.3, -0.25) is 28.9 Å². The monoisotopic (exact) mass is 707 g/mol. The second kappa shape index (κ2) is 15.1. The zero-order chi connectivity index (χ0) is 35.4. The van der Waals surface area contributed by atoms with Crippen LogP contribution in [-0.4, -0.2) is 86.0 Å². The van der Waals surface area contributed by atoms with Gasteiger partial charge in [-0.05, 0) is 36.9 Å². The number of rotatable bonds is 9. The lowest BCUT2D eigenvalue weighted by molar-refractivity contribution is -0.265. The molecule has 0 N–H and O–H groups in total. The number of hydrogen-bond donors (Lipinski definition) is 0. The van der Waals surface area contributed by atoms with Crippen molar-refractivity contribution < 1.29 is 47.7 Å². The number of thioether (sulfide) groups is 1. The zero-order valence-corrected chi connectivity index (χ0v) is 28.8. The molecule has 0 bridgehead atoms. The highest BCUT2D eigenvalue weighted by Gasteiger charge is 2.56. The van der Waals surface area contributed by atoms with Crippen LogP contribution < -0.4 is 0 Å². The van der Waals surface area contributed by atoms with Gasteiger partial charge in [0.25, 0.3) is 5.24 Å². The molecule has 1 aromatic heterocycles. The van der Waals surface area contributed by atoms with E-state index in [1.54, 1.807) is 10.8 Å². The number of amides is 1. The van der Waals surface area contributed by atoms with E-state index in [1.807, 2.05) is 67.7 Å². The van der Waals surface area contributed by atoms with Crippen LogP contribution in [0, 0.1) is 6.92 Å².